The van der Waals surface area contributed by atoms with Crippen molar-refractivity contribution in [3.8, 4) is 0 Å². The van der Waals surface area contributed by atoms with E-state index in [2.05, 4.69) is 0 Å². The second-order valence-corrected chi connectivity index (χ2v) is 8.72. The summed E-state index contributed by atoms with van der Waals surface area (Å²) in [6.07, 6.45) is 2.89. The van der Waals surface area contributed by atoms with Gasteiger partial charge in [-0.05, 0) is 43.5 Å². The third kappa shape index (κ3) is 5.69. The fourth-order valence-electron chi connectivity index (χ4n) is 3.50. The highest BCUT2D eigenvalue weighted by atomic mass is 35.5. The van der Waals surface area contributed by atoms with E-state index in [0.29, 0.717) is 12.2 Å². The third-order valence-corrected chi connectivity index (χ3v) is 6.64. The second kappa shape index (κ2) is 10.1. The summed E-state index contributed by atoms with van der Waals surface area (Å²) in [4.78, 5) is 1.59. The summed E-state index contributed by atoms with van der Waals surface area (Å²) in [5.41, 5.74) is 0.573. The van der Waals surface area contributed by atoms with Crippen LogP contribution in [-0.4, -0.2) is 45.8 Å². The van der Waals surface area contributed by atoms with E-state index in [1.807, 2.05) is 18.2 Å². The highest BCUT2D eigenvalue weighted by Gasteiger charge is 2.28. The molecule has 3 rings (SSSR count). The van der Waals surface area contributed by atoms with Crippen molar-refractivity contribution in [2.75, 3.05) is 30.5 Å². The Morgan fingerprint density at radius 3 is 2.07 bits per heavy atom. The van der Waals surface area contributed by atoms with Gasteiger partial charge in [0.05, 0.1) is 30.2 Å². The summed E-state index contributed by atoms with van der Waals surface area (Å²) < 4.78 is 27.7. The molecule has 0 bridgehead atoms. The fraction of sp³-hybridized carbons (Fsp3) is 0.400. The van der Waals surface area contributed by atoms with Crippen LogP contribution in [0.5, 0.6) is 0 Å². The number of rotatable bonds is 7. The predicted octanol–water partition coefficient (Wildman–Crippen LogP) is -1.68. The van der Waals surface area contributed by atoms with Crippen molar-refractivity contribution in [2.24, 2.45) is 0 Å². The number of benzene rings is 2. The number of aliphatic hydroxyl groups excluding tert-OH is 1. The van der Waals surface area contributed by atoms with Crippen LogP contribution < -0.4 is 21.6 Å². The van der Waals surface area contributed by atoms with Gasteiger partial charge in [0.2, 0.25) is 0 Å². The SMILES string of the molecule is O=S(=O)(c1ccccc1)N(CC(O)C[NH+]1CCCCC1)c1ccccc1.[Cl-]. The minimum atomic E-state index is -3.73. The number of piperidine rings is 1. The lowest BCUT2D eigenvalue weighted by atomic mass is 10.1. The van der Waals surface area contributed by atoms with Crippen molar-refractivity contribution >= 4 is 15.7 Å². The van der Waals surface area contributed by atoms with Crippen LogP contribution in [0.3, 0.4) is 0 Å². The number of anilines is 1. The van der Waals surface area contributed by atoms with Crippen LogP contribution in [0.2, 0.25) is 0 Å². The van der Waals surface area contributed by atoms with Crippen LogP contribution in [0.1, 0.15) is 19.3 Å². The minimum absolute atomic E-state index is 0. The first-order valence-corrected chi connectivity index (χ1v) is 10.7. The molecule has 148 valence electrons. The lowest BCUT2D eigenvalue weighted by molar-refractivity contribution is -0.907. The molecule has 1 aliphatic rings. The Kier molecular flexibility index (Phi) is 8.10. The number of halogens is 1. The van der Waals surface area contributed by atoms with Gasteiger partial charge >= 0.3 is 0 Å². The quantitative estimate of drug-likeness (QED) is 0.573. The zero-order valence-electron chi connectivity index (χ0n) is 15.3. The highest BCUT2D eigenvalue weighted by molar-refractivity contribution is 7.92. The molecule has 1 heterocycles. The maximum atomic E-state index is 13.2. The molecule has 0 aliphatic carbocycles. The molecule has 5 nitrogen and oxygen atoms in total. The zero-order chi connectivity index (χ0) is 18.4. The molecule has 0 radical (unpaired) electrons. The largest absolute Gasteiger partial charge is 1.00 e. The van der Waals surface area contributed by atoms with Crippen LogP contribution in [-0.2, 0) is 10.0 Å². The van der Waals surface area contributed by atoms with Gasteiger partial charge in [0.1, 0.15) is 12.6 Å². The molecule has 1 fully saturated rings. The van der Waals surface area contributed by atoms with E-state index in [4.69, 9.17) is 0 Å². The van der Waals surface area contributed by atoms with Crippen LogP contribution in [0.4, 0.5) is 5.69 Å². The van der Waals surface area contributed by atoms with Gasteiger partial charge in [-0.25, -0.2) is 8.42 Å². The number of hydrogen-bond acceptors (Lipinski definition) is 3. The average molecular weight is 411 g/mol. The van der Waals surface area contributed by atoms with E-state index in [9.17, 15) is 13.5 Å². The highest BCUT2D eigenvalue weighted by Crippen LogP contribution is 2.23. The molecule has 0 spiro atoms. The monoisotopic (exact) mass is 410 g/mol. The minimum Gasteiger partial charge on any atom is -1.00 e. The van der Waals surface area contributed by atoms with E-state index in [-0.39, 0.29) is 23.8 Å². The van der Waals surface area contributed by atoms with Crippen LogP contribution >= 0.6 is 0 Å². The second-order valence-electron chi connectivity index (χ2n) is 6.85. The average Bonchev–Trinajstić information content (AvgIpc) is 2.68. The summed E-state index contributed by atoms with van der Waals surface area (Å²) >= 11 is 0. The number of para-hydroxylation sites is 1. The Balaban J connectivity index is 0.00000261. The fourth-order valence-corrected chi connectivity index (χ4v) is 5.02. The standard InChI is InChI=1S/C20H26N2O3S.ClH/c23-19(16-21-14-8-3-9-15-21)17-22(18-10-4-1-5-11-18)26(24,25)20-12-6-2-7-13-20;/h1-2,4-7,10-13,19,23H,3,8-9,14-17H2;1H. The molecule has 0 saturated carbocycles. The van der Waals surface area contributed by atoms with Crippen molar-refractivity contribution in [1.29, 1.82) is 0 Å². The van der Waals surface area contributed by atoms with Gasteiger partial charge in [-0.3, -0.25) is 4.31 Å². The van der Waals surface area contributed by atoms with Crippen molar-refractivity contribution in [1.82, 2.24) is 0 Å². The normalized spacial score (nSPS) is 16.3. The molecule has 1 unspecified atom stereocenters. The molecule has 1 atom stereocenters. The van der Waals surface area contributed by atoms with Crippen LogP contribution in [0.25, 0.3) is 0 Å². The molecule has 1 aliphatic heterocycles. The maximum absolute atomic E-state index is 13.2. The molecular formula is C20H27ClN2O3S. The Hall–Kier alpha value is -1.60. The topological polar surface area (TPSA) is 62.0 Å². The number of aliphatic hydroxyl groups is 1. The van der Waals surface area contributed by atoms with Gasteiger partial charge in [-0.15, -0.1) is 0 Å². The van der Waals surface area contributed by atoms with Crippen LogP contribution in [0.15, 0.2) is 65.6 Å². The van der Waals surface area contributed by atoms with Crippen molar-refractivity contribution < 1.29 is 30.8 Å². The maximum Gasteiger partial charge on any atom is 0.264 e. The molecule has 7 heteroatoms. The van der Waals surface area contributed by atoms with Gasteiger partial charge in [-0.2, -0.15) is 0 Å². The molecular weight excluding hydrogens is 384 g/mol. The molecule has 0 aromatic heterocycles. The number of hydrogen-bond donors (Lipinski definition) is 2. The molecule has 2 aromatic rings. The number of nitrogens with one attached hydrogen (secondary N) is 1. The Morgan fingerprint density at radius 1 is 0.926 bits per heavy atom. The van der Waals surface area contributed by atoms with Gasteiger partial charge in [0.15, 0.2) is 0 Å². The van der Waals surface area contributed by atoms with Crippen molar-refractivity contribution in [3.63, 3.8) is 0 Å². The first-order chi connectivity index (χ1) is 12.6. The summed E-state index contributed by atoms with van der Waals surface area (Å²) in [5, 5.41) is 10.6. The summed E-state index contributed by atoms with van der Waals surface area (Å²) in [7, 11) is -3.73. The molecule has 1 saturated heterocycles. The molecule has 0 amide bonds. The first kappa shape index (κ1) is 21.7. The van der Waals surface area contributed by atoms with Gasteiger partial charge in [0, 0.05) is 0 Å². The summed E-state index contributed by atoms with van der Waals surface area (Å²) in [6, 6.07) is 17.4. The number of likely N-dealkylation sites (tertiary alicyclic amines) is 1. The van der Waals surface area contributed by atoms with E-state index in [1.165, 1.54) is 28.5 Å². The predicted molar refractivity (Wildman–Crippen MR) is 103 cm³/mol. The number of quaternary nitrogens is 1. The van der Waals surface area contributed by atoms with E-state index >= 15 is 0 Å². The molecule has 2 N–H and O–H groups in total. The summed E-state index contributed by atoms with van der Waals surface area (Å²) in [6.45, 7) is 2.74. The lowest BCUT2D eigenvalue weighted by Crippen LogP contribution is -3.14. The van der Waals surface area contributed by atoms with Crippen molar-refractivity contribution in [2.45, 2.75) is 30.3 Å². The van der Waals surface area contributed by atoms with Crippen molar-refractivity contribution in [3.05, 3.63) is 60.7 Å². The Labute approximate surface area is 168 Å². The smallest absolute Gasteiger partial charge is 0.264 e. The lowest BCUT2D eigenvalue weighted by Gasteiger charge is -2.30. The van der Waals surface area contributed by atoms with E-state index in [0.717, 1.165) is 13.1 Å². The van der Waals surface area contributed by atoms with E-state index in [1.54, 1.807) is 42.5 Å². The first-order valence-electron chi connectivity index (χ1n) is 9.22. The number of sulfonamides is 1. The Bertz CT molecular complexity index is 781. The van der Waals surface area contributed by atoms with Crippen LogP contribution in [0, 0.1) is 0 Å². The molecule has 27 heavy (non-hydrogen) atoms. The van der Waals surface area contributed by atoms with Gasteiger partial charge in [-0.1, -0.05) is 36.4 Å². The zero-order valence-corrected chi connectivity index (χ0v) is 16.9. The third-order valence-electron chi connectivity index (χ3n) is 4.84. The van der Waals surface area contributed by atoms with Gasteiger partial charge < -0.3 is 22.4 Å². The Morgan fingerprint density at radius 2 is 1.48 bits per heavy atom. The molecule has 2 aromatic carbocycles. The van der Waals surface area contributed by atoms with Gasteiger partial charge in [0.25, 0.3) is 10.0 Å². The number of nitrogens with zero attached hydrogens (tertiary/aromatic N) is 1. The summed E-state index contributed by atoms with van der Waals surface area (Å²) in [5.74, 6) is 0. The van der Waals surface area contributed by atoms with E-state index < -0.39 is 16.1 Å².